The van der Waals surface area contributed by atoms with E-state index in [-0.39, 0.29) is 6.10 Å². The van der Waals surface area contributed by atoms with E-state index in [1.54, 1.807) is 0 Å². The van der Waals surface area contributed by atoms with Crippen molar-refractivity contribution in [2.24, 2.45) is 0 Å². The summed E-state index contributed by atoms with van der Waals surface area (Å²) in [5, 5.41) is 0. The van der Waals surface area contributed by atoms with Gasteiger partial charge in [0.2, 0.25) is 0 Å². The highest BCUT2D eigenvalue weighted by Crippen LogP contribution is 2.13. The van der Waals surface area contributed by atoms with Crippen LogP contribution in [-0.2, 0) is 9.47 Å². The lowest BCUT2D eigenvalue weighted by molar-refractivity contribution is -0.0353. The van der Waals surface area contributed by atoms with Crippen molar-refractivity contribution < 1.29 is 9.47 Å². The minimum atomic E-state index is 0.219. The fraction of sp³-hybridized carbons (Fsp3) is 1.00. The van der Waals surface area contributed by atoms with Crippen molar-refractivity contribution in [3.05, 3.63) is 0 Å². The van der Waals surface area contributed by atoms with Crippen molar-refractivity contribution >= 4 is 0 Å². The first-order valence-electron chi connectivity index (χ1n) is 11.9. The van der Waals surface area contributed by atoms with Crippen molar-refractivity contribution in [2.45, 2.75) is 143 Å². The van der Waals surface area contributed by atoms with Crippen LogP contribution in [-0.4, -0.2) is 25.4 Å². The van der Waals surface area contributed by atoms with Gasteiger partial charge < -0.3 is 9.47 Å². The first-order valence-corrected chi connectivity index (χ1v) is 11.9. The van der Waals surface area contributed by atoms with Crippen molar-refractivity contribution in [3.63, 3.8) is 0 Å². The minimum absolute atomic E-state index is 0.219. The molecule has 0 heterocycles. The fourth-order valence-corrected chi connectivity index (χ4v) is 3.51. The number of rotatable bonds is 21. The molecule has 0 fully saturated rings. The lowest BCUT2D eigenvalue weighted by Crippen LogP contribution is -2.20. The molecule has 158 valence electrons. The van der Waals surface area contributed by atoms with E-state index in [0.717, 1.165) is 13.2 Å². The summed E-state index contributed by atoms with van der Waals surface area (Å²) in [7, 11) is 0. The van der Waals surface area contributed by atoms with Gasteiger partial charge in [-0.2, -0.15) is 0 Å². The molecule has 0 saturated carbocycles. The number of ether oxygens (including phenoxy) is 2. The minimum Gasteiger partial charge on any atom is -0.379 e. The molecule has 0 saturated heterocycles. The Labute approximate surface area is 165 Å². The van der Waals surface area contributed by atoms with Gasteiger partial charge in [0, 0.05) is 6.61 Å². The van der Waals surface area contributed by atoms with Crippen molar-refractivity contribution in [3.8, 4) is 0 Å². The summed E-state index contributed by atoms with van der Waals surface area (Å²) in [5.74, 6) is 0. The van der Waals surface area contributed by atoms with Gasteiger partial charge in [-0.1, -0.05) is 103 Å². The van der Waals surface area contributed by atoms with E-state index < -0.39 is 0 Å². The third-order valence-corrected chi connectivity index (χ3v) is 5.00. The fourth-order valence-electron chi connectivity index (χ4n) is 3.51. The maximum atomic E-state index is 5.69. The average Bonchev–Trinajstić information content (AvgIpc) is 2.60. The van der Waals surface area contributed by atoms with Crippen LogP contribution < -0.4 is 0 Å². The van der Waals surface area contributed by atoms with E-state index in [2.05, 4.69) is 27.7 Å². The molecule has 0 radical (unpaired) electrons. The van der Waals surface area contributed by atoms with Crippen molar-refractivity contribution in [1.29, 1.82) is 0 Å². The van der Waals surface area contributed by atoms with Gasteiger partial charge in [-0.05, 0) is 27.2 Å². The summed E-state index contributed by atoms with van der Waals surface area (Å²) in [6.07, 6.45) is 23.2. The Balaban J connectivity index is 3.05. The third kappa shape index (κ3) is 22.0. The van der Waals surface area contributed by atoms with Gasteiger partial charge in [0.25, 0.3) is 0 Å². The van der Waals surface area contributed by atoms with Crippen LogP contribution in [0.15, 0.2) is 0 Å². The average molecular weight is 371 g/mol. The maximum Gasteiger partial charge on any atom is 0.0783 e. The van der Waals surface area contributed by atoms with Gasteiger partial charge in [0.05, 0.1) is 18.8 Å². The molecule has 0 aliphatic carbocycles. The van der Waals surface area contributed by atoms with Crippen LogP contribution in [0.4, 0.5) is 0 Å². The third-order valence-electron chi connectivity index (χ3n) is 5.00. The predicted octanol–water partition coefficient (Wildman–Crippen LogP) is 8.08. The van der Waals surface area contributed by atoms with Gasteiger partial charge in [-0.3, -0.25) is 0 Å². The molecule has 1 atom stereocenters. The molecule has 0 amide bonds. The summed E-state index contributed by atoms with van der Waals surface area (Å²) >= 11 is 0. The number of unbranched alkanes of at least 4 members (excludes halogenated alkanes) is 15. The van der Waals surface area contributed by atoms with E-state index >= 15 is 0 Å². The molecular formula is C24H50O2. The standard InChI is InChI=1S/C24H50O2/c1-5-6-7-8-9-10-11-12-13-14-15-16-17-18-19-20-21-25-22-24(4)26-23(2)3/h23-24H,5-22H2,1-4H3. The molecule has 0 rings (SSSR count). The topological polar surface area (TPSA) is 18.5 Å². The summed E-state index contributed by atoms with van der Waals surface area (Å²) in [6, 6.07) is 0. The van der Waals surface area contributed by atoms with Gasteiger partial charge in [-0.15, -0.1) is 0 Å². The molecule has 2 nitrogen and oxygen atoms in total. The van der Waals surface area contributed by atoms with Crippen LogP contribution in [0.2, 0.25) is 0 Å². The zero-order chi connectivity index (χ0) is 19.3. The van der Waals surface area contributed by atoms with Crippen LogP contribution in [0.3, 0.4) is 0 Å². The smallest absolute Gasteiger partial charge is 0.0783 e. The quantitative estimate of drug-likeness (QED) is 0.190. The monoisotopic (exact) mass is 370 g/mol. The second-order valence-electron chi connectivity index (χ2n) is 8.37. The lowest BCUT2D eigenvalue weighted by Gasteiger charge is -2.16. The van der Waals surface area contributed by atoms with Crippen LogP contribution in [0.1, 0.15) is 130 Å². The molecule has 1 unspecified atom stereocenters. The van der Waals surface area contributed by atoms with E-state index in [0.29, 0.717) is 6.10 Å². The SMILES string of the molecule is CCCCCCCCCCCCCCCCCCOCC(C)OC(C)C. The molecule has 0 aliphatic rings. The Hall–Kier alpha value is -0.0800. The highest BCUT2D eigenvalue weighted by atomic mass is 16.5. The molecular weight excluding hydrogens is 320 g/mol. The van der Waals surface area contributed by atoms with Crippen LogP contribution in [0.25, 0.3) is 0 Å². The van der Waals surface area contributed by atoms with E-state index in [1.165, 1.54) is 103 Å². The normalized spacial score (nSPS) is 12.8. The molecule has 2 heteroatoms. The highest BCUT2D eigenvalue weighted by molar-refractivity contribution is 4.52. The molecule has 0 aliphatic heterocycles. The van der Waals surface area contributed by atoms with Gasteiger partial charge in [0.15, 0.2) is 0 Å². The Kier molecular flexibility index (Phi) is 21.2. The molecule has 26 heavy (non-hydrogen) atoms. The number of hydrogen-bond acceptors (Lipinski definition) is 2. The van der Waals surface area contributed by atoms with Crippen LogP contribution in [0, 0.1) is 0 Å². The second-order valence-corrected chi connectivity index (χ2v) is 8.37. The van der Waals surface area contributed by atoms with E-state index in [4.69, 9.17) is 9.47 Å². The zero-order valence-electron chi connectivity index (χ0n) is 18.7. The molecule has 0 N–H and O–H groups in total. The summed E-state index contributed by atoms with van der Waals surface area (Å²) in [5.41, 5.74) is 0. The summed E-state index contributed by atoms with van der Waals surface area (Å²) in [4.78, 5) is 0. The van der Waals surface area contributed by atoms with Crippen LogP contribution in [0.5, 0.6) is 0 Å². The Morgan fingerprint density at radius 1 is 0.538 bits per heavy atom. The van der Waals surface area contributed by atoms with Crippen LogP contribution >= 0.6 is 0 Å². The first kappa shape index (κ1) is 25.9. The highest BCUT2D eigenvalue weighted by Gasteiger charge is 2.04. The maximum absolute atomic E-state index is 5.69. The number of hydrogen-bond donors (Lipinski definition) is 0. The van der Waals surface area contributed by atoms with E-state index in [1.807, 2.05) is 0 Å². The first-order chi connectivity index (χ1) is 12.7. The Bertz CT molecular complexity index is 253. The van der Waals surface area contributed by atoms with Gasteiger partial charge in [-0.25, -0.2) is 0 Å². The zero-order valence-corrected chi connectivity index (χ0v) is 18.7. The van der Waals surface area contributed by atoms with Gasteiger partial charge in [0.1, 0.15) is 0 Å². The largest absolute Gasteiger partial charge is 0.379 e. The molecule has 0 aromatic rings. The Morgan fingerprint density at radius 3 is 1.31 bits per heavy atom. The lowest BCUT2D eigenvalue weighted by atomic mass is 10.0. The predicted molar refractivity (Wildman–Crippen MR) is 116 cm³/mol. The molecule has 0 spiro atoms. The van der Waals surface area contributed by atoms with E-state index in [9.17, 15) is 0 Å². The Morgan fingerprint density at radius 2 is 0.923 bits per heavy atom. The summed E-state index contributed by atoms with van der Waals surface area (Å²) < 4.78 is 11.3. The van der Waals surface area contributed by atoms with Crippen molar-refractivity contribution in [2.75, 3.05) is 13.2 Å². The summed E-state index contributed by atoms with van der Waals surface area (Å²) in [6.45, 7) is 10.2. The van der Waals surface area contributed by atoms with Gasteiger partial charge >= 0.3 is 0 Å². The molecule has 0 bridgehead atoms. The second kappa shape index (κ2) is 21.2. The van der Waals surface area contributed by atoms with Crippen molar-refractivity contribution in [1.82, 2.24) is 0 Å². The molecule has 0 aromatic carbocycles. The molecule has 0 aromatic heterocycles.